The van der Waals surface area contributed by atoms with Gasteiger partial charge in [-0.2, -0.15) is 5.10 Å². The Morgan fingerprint density at radius 3 is 2.34 bits per heavy atom. The van der Waals surface area contributed by atoms with Gasteiger partial charge in [0.2, 0.25) is 0 Å². The predicted octanol–water partition coefficient (Wildman–Crippen LogP) is -0.212. The first-order valence-corrected chi connectivity index (χ1v) is 10.2. The summed E-state index contributed by atoms with van der Waals surface area (Å²) in [6.45, 7) is 5.07. The normalized spacial score (nSPS) is 20.2. The summed E-state index contributed by atoms with van der Waals surface area (Å²) in [6, 6.07) is 1.42. The molecule has 29 heavy (non-hydrogen) atoms. The summed E-state index contributed by atoms with van der Waals surface area (Å²) in [7, 11) is 0. The molecule has 0 N–H and O–H groups in total. The third-order valence-electron chi connectivity index (χ3n) is 5.89. The topological polar surface area (TPSA) is 99.1 Å². The Balaban J connectivity index is 1.35. The number of hydrogen-bond acceptors (Lipinski definition) is 5. The van der Waals surface area contributed by atoms with Crippen molar-refractivity contribution in [1.82, 2.24) is 29.4 Å². The molecule has 1 aromatic heterocycles. The largest absolute Gasteiger partial charge is 0.334 e. The second kappa shape index (κ2) is 7.84. The van der Waals surface area contributed by atoms with E-state index in [2.05, 4.69) is 5.10 Å². The average molecular weight is 402 g/mol. The highest BCUT2D eigenvalue weighted by Crippen LogP contribution is 2.17. The third kappa shape index (κ3) is 3.58. The van der Waals surface area contributed by atoms with E-state index in [1.165, 1.54) is 9.80 Å². The van der Waals surface area contributed by atoms with Crippen LogP contribution in [0.25, 0.3) is 0 Å². The third-order valence-corrected chi connectivity index (χ3v) is 5.89. The van der Waals surface area contributed by atoms with Crippen LogP contribution in [0.3, 0.4) is 0 Å². The van der Waals surface area contributed by atoms with E-state index in [9.17, 15) is 19.2 Å². The first kappa shape index (κ1) is 19.4. The van der Waals surface area contributed by atoms with E-state index in [1.807, 2.05) is 10.7 Å². The van der Waals surface area contributed by atoms with E-state index in [0.717, 1.165) is 36.4 Å². The van der Waals surface area contributed by atoms with Gasteiger partial charge in [0.15, 0.2) is 5.69 Å². The summed E-state index contributed by atoms with van der Waals surface area (Å²) in [5.41, 5.74) is 1.56. The molecule has 2 saturated heterocycles. The van der Waals surface area contributed by atoms with Crippen LogP contribution in [0, 0.1) is 0 Å². The van der Waals surface area contributed by atoms with Crippen molar-refractivity contribution < 1.29 is 19.2 Å². The van der Waals surface area contributed by atoms with Gasteiger partial charge in [-0.1, -0.05) is 0 Å². The minimum atomic E-state index is -0.773. The fourth-order valence-electron chi connectivity index (χ4n) is 4.11. The zero-order valence-electron chi connectivity index (χ0n) is 16.7. The highest BCUT2D eigenvalue weighted by atomic mass is 16.2. The maximum atomic E-state index is 12.8. The number of rotatable bonds is 2. The molecule has 5 amide bonds. The van der Waals surface area contributed by atoms with Gasteiger partial charge in [0.25, 0.3) is 5.91 Å². The molecule has 0 aromatic carbocycles. The van der Waals surface area contributed by atoms with Gasteiger partial charge < -0.3 is 14.7 Å². The first-order valence-electron chi connectivity index (χ1n) is 10.2. The second-order valence-corrected chi connectivity index (χ2v) is 7.60. The van der Waals surface area contributed by atoms with Crippen LogP contribution in [0.4, 0.5) is 4.79 Å². The Labute approximate surface area is 169 Å². The number of piperazine rings is 2. The Kier molecular flexibility index (Phi) is 5.25. The Bertz CT molecular complexity index is 818. The molecule has 0 unspecified atom stereocenters. The van der Waals surface area contributed by atoms with Crippen LogP contribution in [-0.4, -0.2) is 98.9 Å². The lowest BCUT2D eigenvalue weighted by Gasteiger charge is -2.38. The minimum absolute atomic E-state index is 0.123. The zero-order valence-corrected chi connectivity index (χ0v) is 16.7. The number of fused-ring (bicyclic) bond motifs is 1. The summed E-state index contributed by atoms with van der Waals surface area (Å²) >= 11 is 0. The van der Waals surface area contributed by atoms with Gasteiger partial charge in [0, 0.05) is 58.1 Å². The van der Waals surface area contributed by atoms with Crippen molar-refractivity contribution in [2.45, 2.75) is 32.7 Å². The molecule has 3 aliphatic rings. The van der Waals surface area contributed by atoms with Crippen molar-refractivity contribution in [2.75, 3.05) is 45.8 Å². The standard InChI is InChI=1S/C19H26N6O4/c1-2-21-11-12-24(18(28)17(21)27)19(29)23-9-7-22(8-10-23)16(26)15-13-14-5-3-4-6-25(14)20-15/h13H,2-12H2,1H3. The van der Waals surface area contributed by atoms with Gasteiger partial charge in [0.05, 0.1) is 0 Å². The summed E-state index contributed by atoms with van der Waals surface area (Å²) in [4.78, 5) is 55.5. The summed E-state index contributed by atoms with van der Waals surface area (Å²) in [5, 5.41) is 4.44. The average Bonchev–Trinajstić information content (AvgIpc) is 3.19. The number of carbonyl (C=O) groups is 4. The van der Waals surface area contributed by atoms with E-state index in [-0.39, 0.29) is 12.5 Å². The maximum absolute atomic E-state index is 12.8. The number of aryl methyl sites for hydroxylation is 2. The molecular weight excluding hydrogens is 376 g/mol. The van der Waals surface area contributed by atoms with Crippen LogP contribution >= 0.6 is 0 Å². The number of hydrogen-bond donors (Lipinski definition) is 0. The number of carbonyl (C=O) groups excluding carboxylic acids is 4. The number of urea groups is 1. The predicted molar refractivity (Wildman–Crippen MR) is 102 cm³/mol. The molecule has 4 heterocycles. The smallest absolute Gasteiger partial charge is 0.327 e. The molecule has 0 aliphatic carbocycles. The molecule has 0 bridgehead atoms. The fourth-order valence-corrected chi connectivity index (χ4v) is 4.11. The summed E-state index contributed by atoms with van der Waals surface area (Å²) in [5.74, 6) is -1.53. The molecule has 156 valence electrons. The molecule has 0 radical (unpaired) electrons. The van der Waals surface area contributed by atoms with Crippen molar-refractivity contribution in [3.8, 4) is 0 Å². The van der Waals surface area contributed by atoms with Gasteiger partial charge in [-0.3, -0.25) is 24.0 Å². The monoisotopic (exact) mass is 402 g/mol. The lowest BCUT2D eigenvalue weighted by Crippen LogP contribution is -2.61. The quantitative estimate of drug-likeness (QED) is 0.638. The number of amides is 5. The molecule has 2 fully saturated rings. The number of nitrogens with zero attached hydrogens (tertiary/aromatic N) is 6. The van der Waals surface area contributed by atoms with Crippen molar-refractivity contribution >= 4 is 23.8 Å². The lowest BCUT2D eigenvalue weighted by molar-refractivity contribution is -0.154. The Morgan fingerprint density at radius 2 is 1.66 bits per heavy atom. The highest BCUT2D eigenvalue weighted by molar-refractivity contribution is 6.38. The summed E-state index contributed by atoms with van der Waals surface area (Å²) < 4.78 is 1.91. The SMILES string of the molecule is CCN1CCN(C(=O)N2CCN(C(=O)c3cc4n(n3)CCCC4)CC2)C(=O)C1=O. The molecular formula is C19H26N6O4. The van der Waals surface area contributed by atoms with Crippen LogP contribution in [0.15, 0.2) is 6.07 Å². The van der Waals surface area contributed by atoms with Crippen molar-refractivity contribution in [3.63, 3.8) is 0 Å². The van der Waals surface area contributed by atoms with Crippen LogP contribution < -0.4 is 0 Å². The van der Waals surface area contributed by atoms with Crippen LogP contribution in [0.1, 0.15) is 35.9 Å². The minimum Gasteiger partial charge on any atom is -0.334 e. The van der Waals surface area contributed by atoms with Crippen LogP contribution in [-0.2, 0) is 22.6 Å². The van der Waals surface area contributed by atoms with Gasteiger partial charge >= 0.3 is 17.8 Å². The van der Waals surface area contributed by atoms with Gasteiger partial charge in [-0.15, -0.1) is 0 Å². The van der Waals surface area contributed by atoms with Gasteiger partial charge in [-0.05, 0) is 32.3 Å². The molecule has 0 saturated carbocycles. The Hall–Kier alpha value is -2.91. The van der Waals surface area contributed by atoms with Crippen molar-refractivity contribution in [3.05, 3.63) is 17.5 Å². The molecule has 0 atom stereocenters. The van der Waals surface area contributed by atoms with E-state index in [4.69, 9.17) is 0 Å². The van der Waals surface area contributed by atoms with Crippen LogP contribution in [0.5, 0.6) is 0 Å². The van der Waals surface area contributed by atoms with Gasteiger partial charge in [-0.25, -0.2) is 4.79 Å². The number of aromatic nitrogens is 2. The van der Waals surface area contributed by atoms with Gasteiger partial charge in [0.1, 0.15) is 0 Å². The molecule has 0 spiro atoms. The molecule has 3 aliphatic heterocycles. The first-order chi connectivity index (χ1) is 14.0. The second-order valence-electron chi connectivity index (χ2n) is 7.60. The molecule has 10 heteroatoms. The van der Waals surface area contributed by atoms with E-state index >= 15 is 0 Å². The molecule has 4 rings (SSSR count). The Morgan fingerprint density at radius 1 is 0.931 bits per heavy atom. The van der Waals surface area contributed by atoms with E-state index in [1.54, 1.807) is 11.8 Å². The fraction of sp³-hybridized carbons (Fsp3) is 0.632. The summed E-state index contributed by atoms with van der Waals surface area (Å²) in [6.07, 6.45) is 3.14. The zero-order chi connectivity index (χ0) is 20.5. The molecule has 10 nitrogen and oxygen atoms in total. The van der Waals surface area contributed by atoms with E-state index in [0.29, 0.717) is 45.0 Å². The van der Waals surface area contributed by atoms with Crippen LogP contribution in [0.2, 0.25) is 0 Å². The maximum Gasteiger partial charge on any atom is 0.327 e. The van der Waals surface area contributed by atoms with E-state index < -0.39 is 17.8 Å². The highest BCUT2D eigenvalue weighted by Gasteiger charge is 2.38. The lowest BCUT2D eigenvalue weighted by atomic mass is 10.1. The molecule has 1 aromatic rings. The number of imide groups is 1. The number of likely N-dealkylation sites (N-methyl/N-ethyl adjacent to an activating group) is 1. The van der Waals surface area contributed by atoms with Crippen molar-refractivity contribution in [1.29, 1.82) is 0 Å². The van der Waals surface area contributed by atoms with Crippen molar-refractivity contribution in [2.24, 2.45) is 0 Å².